The number of benzene rings is 1. The Kier molecular flexibility index (Phi) is 2.31. The molecule has 1 N–H and O–H groups in total. The normalized spacial score (nSPS) is 10.4. The average molecular weight is 187 g/mol. The lowest BCUT2D eigenvalue weighted by molar-refractivity contribution is 0.946. The Morgan fingerprint density at radius 2 is 2.07 bits per heavy atom. The Bertz CT molecular complexity index is 432. The van der Waals surface area contributed by atoms with Gasteiger partial charge in [0, 0.05) is 12.0 Å². The molecule has 0 saturated heterocycles. The van der Waals surface area contributed by atoms with Gasteiger partial charge in [0.05, 0.1) is 0 Å². The Hall–Kier alpha value is -1.64. The number of nitrogens with one attached hydrogen (secondary N) is 1. The average Bonchev–Trinajstić information content (AvgIpc) is 2.67. The highest BCUT2D eigenvalue weighted by Crippen LogP contribution is 2.18. The first-order valence-corrected chi connectivity index (χ1v) is 4.78. The fourth-order valence-electron chi connectivity index (χ4n) is 1.40. The number of aromatic nitrogens is 3. The largest absolute Gasteiger partial charge is 0.263 e. The summed E-state index contributed by atoms with van der Waals surface area (Å²) < 4.78 is 0. The Balaban J connectivity index is 2.44. The summed E-state index contributed by atoms with van der Waals surface area (Å²) >= 11 is 0. The fraction of sp³-hybridized carbons (Fsp3) is 0.273. The van der Waals surface area contributed by atoms with Gasteiger partial charge in [0.2, 0.25) is 0 Å². The zero-order valence-electron chi connectivity index (χ0n) is 8.41. The summed E-state index contributed by atoms with van der Waals surface area (Å²) in [5.41, 5.74) is 2.30. The molecule has 0 aliphatic carbocycles. The molecule has 0 spiro atoms. The van der Waals surface area contributed by atoms with Crippen LogP contribution in [0.3, 0.4) is 0 Å². The number of rotatable bonds is 2. The Morgan fingerprint density at radius 3 is 2.71 bits per heavy atom. The van der Waals surface area contributed by atoms with E-state index in [0.29, 0.717) is 0 Å². The van der Waals surface area contributed by atoms with Gasteiger partial charge >= 0.3 is 0 Å². The molecule has 2 aromatic rings. The fourth-order valence-corrected chi connectivity index (χ4v) is 1.40. The number of aryl methyl sites for hydroxylation is 2. The highest BCUT2D eigenvalue weighted by atomic mass is 15.2. The molecular weight excluding hydrogens is 174 g/mol. The van der Waals surface area contributed by atoms with E-state index in [2.05, 4.69) is 35.1 Å². The first kappa shape index (κ1) is 8.94. The van der Waals surface area contributed by atoms with Crippen molar-refractivity contribution >= 4 is 0 Å². The molecule has 2 rings (SSSR count). The summed E-state index contributed by atoms with van der Waals surface area (Å²) in [6.07, 6.45) is 0.888. The predicted molar refractivity (Wildman–Crippen MR) is 55.9 cm³/mol. The summed E-state index contributed by atoms with van der Waals surface area (Å²) in [5.74, 6) is 1.73. The van der Waals surface area contributed by atoms with E-state index in [0.717, 1.165) is 23.6 Å². The molecule has 14 heavy (non-hydrogen) atoms. The van der Waals surface area contributed by atoms with Crippen molar-refractivity contribution in [3.05, 3.63) is 35.7 Å². The van der Waals surface area contributed by atoms with Gasteiger partial charge in [0.25, 0.3) is 0 Å². The Labute approximate surface area is 83.2 Å². The summed E-state index contributed by atoms with van der Waals surface area (Å²) in [6.45, 7) is 4.12. The summed E-state index contributed by atoms with van der Waals surface area (Å²) in [4.78, 5) is 4.39. The molecule has 1 aromatic carbocycles. The summed E-state index contributed by atoms with van der Waals surface area (Å²) in [5, 5.41) is 7.10. The molecule has 0 atom stereocenters. The number of H-pyrrole nitrogens is 1. The van der Waals surface area contributed by atoms with Crippen LogP contribution in [0.1, 0.15) is 18.3 Å². The molecule has 0 saturated carbocycles. The van der Waals surface area contributed by atoms with Crippen LogP contribution >= 0.6 is 0 Å². The van der Waals surface area contributed by atoms with E-state index in [1.807, 2.05) is 18.2 Å². The molecule has 0 unspecified atom stereocenters. The van der Waals surface area contributed by atoms with Crippen molar-refractivity contribution in [3.63, 3.8) is 0 Å². The van der Waals surface area contributed by atoms with Crippen molar-refractivity contribution in [2.75, 3.05) is 0 Å². The van der Waals surface area contributed by atoms with Crippen LogP contribution in [0.2, 0.25) is 0 Å². The first-order valence-electron chi connectivity index (χ1n) is 4.78. The van der Waals surface area contributed by atoms with Gasteiger partial charge in [-0.05, 0) is 12.5 Å². The van der Waals surface area contributed by atoms with Crippen LogP contribution in [0.25, 0.3) is 11.4 Å². The minimum absolute atomic E-state index is 0.792. The summed E-state index contributed by atoms with van der Waals surface area (Å²) in [6, 6.07) is 8.13. The van der Waals surface area contributed by atoms with Crippen molar-refractivity contribution < 1.29 is 0 Å². The van der Waals surface area contributed by atoms with Gasteiger partial charge in [-0.15, -0.1) is 0 Å². The van der Waals surface area contributed by atoms with E-state index in [9.17, 15) is 0 Å². The lowest BCUT2D eigenvalue weighted by Crippen LogP contribution is -1.85. The molecule has 1 heterocycles. The van der Waals surface area contributed by atoms with Crippen molar-refractivity contribution in [3.8, 4) is 11.4 Å². The molecule has 0 amide bonds. The van der Waals surface area contributed by atoms with Crippen molar-refractivity contribution in [1.82, 2.24) is 15.2 Å². The van der Waals surface area contributed by atoms with Gasteiger partial charge in [-0.25, -0.2) is 4.98 Å². The SMILES string of the molecule is CCc1nc(-c2ccccc2C)n[nH]1. The topological polar surface area (TPSA) is 41.6 Å². The maximum atomic E-state index is 4.39. The molecule has 0 bridgehead atoms. The van der Waals surface area contributed by atoms with Crippen molar-refractivity contribution in [1.29, 1.82) is 0 Å². The van der Waals surface area contributed by atoms with Gasteiger partial charge in [-0.1, -0.05) is 31.2 Å². The predicted octanol–water partition coefficient (Wildman–Crippen LogP) is 2.34. The van der Waals surface area contributed by atoms with Crippen LogP contribution < -0.4 is 0 Å². The number of aromatic amines is 1. The van der Waals surface area contributed by atoms with E-state index in [-0.39, 0.29) is 0 Å². The van der Waals surface area contributed by atoms with E-state index in [1.165, 1.54) is 5.56 Å². The van der Waals surface area contributed by atoms with Gasteiger partial charge in [0.1, 0.15) is 5.82 Å². The zero-order valence-corrected chi connectivity index (χ0v) is 8.41. The second-order valence-corrected chi connectivity index (χ2v) is 3.27. The maximum absolute atomic E-state index is 4.39. The van der Waals surface area contributed by atoms with E-state index >= 15 is 0 Å². The van der Waals surface area contributed by atoms with Crippen LogP contribution in [0.15, 0.2) is 24.3 Å². The number of hydrogen-bond donors (Lipinski definition) is 1. The van der Waals surface area contributed by atoms with Crippen LogP contribution in [0.4, 0.5) is 0 Å². The van der Waals surface area contributed by atoms with Crippen LogP contribution in [-0.2, 0) is 6.42 Å². The molecule has 0 aliphatic heterocycles. The molecule has 3 heteroatoms. The second kappa shape index (κ2) is 3.62. The molecule has 1 aromatic heterocycles. The van der Waals surface area contributed by atoms with Crippen molar-refractivity contribution in [2.45, 2.75) is 20.3 Å². The lowest BCUT2D eigenvalue weighted by atomic mass is 10.1. The maximum Gasteiger partial charge on any atom is 0.181 e. The van der Waals surface area contributed by atoms with Gasteiger partial charge in [-0.2, -0.15) is 5.10 Å². The molecular formula is C11H13N3. The third-order valence-corrected chi connectivity index (χ3v) is 2.25. The van der Waals surface area contributed by atoms with Crippen LogP contribution in [0, 0.1) is 6.92 Å². The highest BCUT2D eigenvalue weighted by Gasteiger charge is 2.06. The molecule has 0 aliphatic rings. The van der Waals surface area contributed by atoms with Crippen LogP contribution in [0.5, 0.6) is 0 Å². The second-order valence-electron chi connectivity index (χ2n) is 3.27. The van der Waals surface area contributed by atoms with Gasteiger partial charge in [-0.3, -0.25) is 5.10 Å². The molecule has 72 valence electrons. The quantitative estimate of drug-likeness (QED) is 0.784. The number of hydrogen-bond acceptors (Lipinski definition) is 2. The number of nitrogens with zero attached hydrogens (tertiary/aromatic N) is 2. The molecule has 3 nitrogen and oxygen atoms in total. The third-order valence-electron chi connectivity index (χ3n) is 2.25. The monoisotopic (exact) mass is 187 g/mol. The zero-order chi connectivity index (χ0) is 9.97. The molecule has 0 fully saturated rings. The van der Waals surface area contributed by atoms with Crippen LogP contribution in [-0.4, -0.2) is 15.2 Å². The minimum Gasteiger partial charge on any atom is -0.263 e. The first-order chi connectivity index (χ1) is 6.81. The highest BCUT2D eigenvalue weighted by molar-refractivity contribution is 5.59. The molecule has 0 radical (unpaired) electrons. The van der Waals surface area contributed by atoms with E-state index in [4.69, 9.17) is 0 Å². The van der Waals surface area contributed by atoms with Gasteiger partial charge in [0.15, 0.2) is 5.82 Å². The lowest BCUT2D eigenvalue weighted by Gasteiger charge is -1.98. The smallest absolute Gasteiger partial charge is 0.181 e. The summed E-state index contributed by atoms with van der Waals surface area (Å²) in [7, 11) is 0. The van der Waals surface area contributed by atoms with E-state index in [1.54, 1.807) is 0 Å². The van der Waals surface area contributed by atoms with Crippen molar-refractivity contribution in [2.24, 2.45) is 0 Å². The van der Waals surface area contributed by atoms with Gasteiger partial charge < -0.3 is 0 Å². The minimum atomic E-state index is 0.792. The Morgan fingerprint density at radius 1 is 1.29 bits per heavy atom. The standard InChI is InChI=1S/C11H13N3/c1-3-10-12-11(14-13-10)9-7-5-4-6-8(9)2/h4-7H,3H2,1-2H3,(H,12,13,14). The third kappa shape index (κ3) is 1.53. The van der Waals surface area contributed by atoms with E-state index < -0.39 is 0 Å².